The molecule has 20 heteroatoms. The smallest absolute Gasteiger partial charge is 0.437 e. The summed E-state index contributed by atoms with van der Waals surface area (Å²) in [5.41, 5.74) is -5.32. The van der Waals surface area contributed by atoms with Crippen LogP contribution in [0.4, 0.5) is 18.0 Å². The van der Waals surface area contributed by atoms with Crippen LogP contribution < -0.4 is 24.8 Å². The second-order valence-corrected chi connectivity index (χ2v) is 22.8. The Bertz CT molecular complexity index is 2450. The molecule has 5 aliphatic rings. The number of aryl methyl sites for hydroxylation is 1. The third-order valence-corrected chi connectivity index (χ3v) is 16.0. The van der Waals surface area contributed by atoms with Crippen molar-refractivity contribution in [2.24, 2.45) is 5.92 Å². The molecule has 0 radical (unpaired) electrons. The van der Waals surface area contributed by atoms with E-state index in [0.717, 1.165) is 30.7 Å². The van der Waals surface area contributed by atoms with Crippen LogP contribution in [0.5, 0.6) is 11.5 Å². The summed E-state index contributed by atoms with van der Waals surface area (Å²) in [5, 5.41) is 5.57. The number of alkyl carbamates (subject to hydrolysis) is 1. The van der Waals surface area contributed by atoms with E-state index in [1.54, 1.807) is 45.1 Å². The number of hydrogen-bond donors (Lipinski definition) is 3. The number of likely N-dealkylation sites (tertiary alicyclic amines) is 1. The highest BCUT2D eigenvalue weighted by Gasteiger charge is 2.58. The number of rotatable bonds is 17. The van der Waals surface area contributed by atoms with E-state index in [4.69, 9.17) is 18.9 Å². The van der Waals surface area contributed by atoms with Gasteiger partial charge in [-0.05, 0) is 105 Å². The number of fused-ring (bicyclic) bond motifs is 3. The molecule has 7 rings (SSSR count). The van der Waals surface area contributed by atoms with E-state index < -0.39 is 91.5 Å². The highest BCUT2D eigenvalue weighted by atomic mass is 32.2. The number of carbonyl (C=O) groups is 4. The monoisotopic (exact) mass is 988 g/mol. The molecule has 4 amide bonds. The maximum absolute atomic E-state index is 15.0. The van der Waals surface area contributed by atoms with E-state index in [2.05, 4.69) is 46.0 Å². The van der Waals surface area contributed by atoms with E-state index in [1.807, 2.05) is 6.08 Å². The first kappa shape index (κ1) is 51.9. The second kappa shape index (κ2) is 20.0. The highest BCUT2D eigenvalue weighted by Crippen LogP contribution is 2.49. The predicted molar refractivity (Wildman–Crippen MR) is 251 cm³/mol. The van der Waals surface area contributed by atoms with Gasteiger partial charge in [-0.25, -0.2) is 18.2 Å². The lowest BCUT2D eigenvalue weighted by Gasteiger charge is -2.42. The van der Waals surface area contributed by atoms with Crippen molar-refractivity contribution in [3.8, 4) is 11.5 Å². The van der Waals surface area contributed by atoms with Crippen LogP contribution in [-0.4, -0.2) is 126 Å². The first-order chi connectivity index (χ1) is 32.4. The molecule has 16 nitrogen and oxygen atoms in total. The number of unbranched alkanes of at least 4 members (excludes halogenated alkanes) is 3. The normalized spacial score (nSPS) is 26.6. The summed E-state index contributed by atoms with van der Waals surface area (Å²) in [4.78, 5) is 63.4. The average molecular weight is 989 g/mol. The van der Waals surface area contributed by atoms with Crippen LogP contribution in [0.1, 0.15) is 118 Å². The minimum Gasteiger partial charge on any atom is -0.494 e. The van der Waals surface area contributed by atoms with Gasteiger partial charge in [-0.15, -0.1) is 0 Å². The standard InChI is InChI=1S/C49H67F3N6O10S/c1-8-9-10-11-12-14-33-17-20-48(33,43(61)56-69(63,64)46(7)21-22-46)55-42(60)38-26-47(30-58(38)39(59)27-53-44(62)68-45(4,5)6)19-18-35-36-25-34(66-24-13-23-57-31(2)28-65-29-32(57)3)15-16-37(36)54-41(40(35)67-47)49(50,51)52/h12,14-17,20,25,31-33,38H,8-11,13,18-19,21-24,26-30H2,1-7H3,(H,53,62)(H,55,60)(H,56,61). The zero-order chi connectivity index (χ0) is 50.2. The SMILES string of the molecule is CCCCCC=CC1C=CC1(NC(=O)C1CC2(CCc3c(c(C(F)(F)F)nc4ccc(OCCCN5C(C)COCC5C)cc34)O2)CN1C(=O)CNC(=O)OC(C)(C)C)C(=O)NS(=O)(=O)C1(C)CC1. The van der Waals surface area contributed by atoms with Gasteiger partial charge in [0.2, 0.25) is 21.8 Å². The maximum Gasteiger partial charge on any atom is 0.437 e. The average Bonchev–Trinajstić information content (AvgIpc) is 3.93. The summed E-state index contributed by atoms with van der Waals surface area (Å²) >= 11 is 0. The van der Waals surface area contributed by atoms with Crippen molar-refractivity contribution >= 4 is 44.7 Å². The van der Waals surface area contributed by atoms with Gasteiger partial charge < -0.3 is 34.5 Å². The Balaban J connectivity index is 1.18. The fourth-order valence-corrected chi connectivity index (χ4v) is 10.9. The Hall–Kier alpha value is -4.95. The highest BCUT2D eigenvalue weighted by molar-refractivity contribution is 7.91. The number of hydrogen-bond acceptors (Lipinski definition) is 12. The number of morpholine rings is 1. The van der Waals surface area contributed by atoms with Gasteiger partial charge in [0.05, 0.1) is 36.6 Å². The molecular formula is C49H67F3N6O10S. The van der Waals surface area contributed by atoms with Crippen LogP contribution in [0.15, 0.2) is 42.5 Å². The number of carbonyl (C=O) groups excluding carboxylic acids is 4. The van der Waals surface area contributed by atoms with Gasteiger partial charge in [0.1, 0.15) is 35.1 Å². The minimum absolute atomic E-state index is 0.0385. The number of benzene rings is 1. The Labute approximate surface area is 402 Å². The zero-order valence-electron chi connectivity index (χ0n) is 40.6. The lowest BCUT2D eigenvalue weighted by atomic mass is 9.73. The molecule has 0 bridgehead atoms. The number of nitrogens with zero attached hydrogens (tertiary/aromatic N) is 3. The summed E-state index contributed by atoms with van der Waals surface area (Å²) in [7, 11) is -4.17. The molecule has 1 aromatic carbocycles. The van der Waals surface area contributed by atoms with Gasteiger partial charge in [-0.3, -0.25) is 24.0 Å². The number of pyridine rings is 1. The molecule has 2 aromatic rings. The van der Waals surface area contributed by atoms with Crippen molar-refractivity contribution in [1.29, 1.82) is 0 Å². The molecule has 2 saturated heterocycles. The molecule has 3 N–H and O–H groups in total. The maximum atomic E-state index is 15.0. The molecule has 2 aliphatic carbocycles. The first-order valence-corrected chi connectivity index (χ1v) is 25.6. The zero-order valence-corrected chi connectivity index (χ0v) is 41.4. The summed E-state index contributed by atoms with van der Waals surface area (Å²) in [6.07, 6.45) is 5.44. The molecule has 380 valence electrons. The molecule has 1 saturated carbocycles. The molecule has 3 aliphatic heterocycles. The number of nitrogens with one attached hydrogen (secondary N) is 3. The van der Waals surface area contributed by atoms with Crippen molar-refractivity contribution in [3.63, 3.8) is 0 Å². The van der Waals surface area contributed by atoms with Crippen LogP contribution in [-0.2, 0) is 46.5 Å². The fourth-order valence-electron chi connectivity index (χ4n) is 9.57. The van der Waals surface area contributed by atoms with Crippen LogP contribution >= 0.6 is 0 Å². The largest absolute Gasteiger partial charge is 0.494 e. The lowest BCUT2D eigenvalue weighted by molar-refractivity contribution is -0.144. The number of amides is 4. The van der Waals surface area contributed by atoms with Crippen molar-refractivity contribution < 1.29 is 59.7 Å². The van der Waals surface area contributed by atoms with Crippen LogP contribution in [0, 0.1) is 5.92 Å². The summed E-state index contributed by atoms with van der Waals surface area (Å²) in [6, 6.07) is 3.78. The van der Waals surface area contributed by atoms with Crippen molar-refractivity contribution in [2.75, 3.05) is 39.5 Å². The third-order valence-electron chi connectivity index (χ3n) is 13.9. The Morgan fingerprint density at radius 1 is 1.03 bits per heavy atom. The molecule has 6 unspecified atom stereocenters. The summed E-state index contributed by atoms with van der Waals surface area (Å²) < 4.78 is 96.4. The van der Waals surface area contributed by atoms with Gasteiger partial charge in [0, 0.05) is 41.9 Å². The van der Waals surface area contributed by atoms with Crippen LogP contribution in [0.2, 0.25) is 0 Å². The van der Waals surface area contributed by atoms with Gasteiger partial charge in [0.25, 0.3) is 5.91 Å². The Morgan fingerprint density at radius 2 is 1.75 bits per heavy atom. The lowest BCUT2D eigenvalue weighted by Crippen LogP contribution is -2.67. The van der Waals surface area contributed by atoms with E-state index in [9.17, 15) is 27.6 Å². The van der Waals surface area contributed by atoms with E-state index >= 15 is 13.2 Å². The van der Waals surface area contributed by atoms with Gasteiger partial charge in [-0.2, -0.15) is 13.2 Å². The minimum atomic E-state index is -4.96. The van der Waals surface area contributed by atoms with E-state index in [0.29, 0.717) is 56.6 Å². The number of halogens is 3. The summed E-state index contributed by atoms with van der Waals surface area (Å²) in [5.74, 6) is -3.52. The topological polar surface area (TPSA) is 195 Å². The quantitative estimate of drug-likeness (QED) is 0.115. The molecule has 6 atom stereocenters. The van der Waals surface area contributed by atoms with E-state index in [-0.39, 0.29) is 49.0 Å². The summed E-state index contributed by atoms with van der Waals surface area (Å²) in [6.45, 7) is 14.1. The van der Waals surface area contributed by atoms with Gasteiger partial charge in [0.15, 0.2) is 11.4 Å². The van der Waals surface area contributed by atoms with Crippen LogP contribution in [0.25, 0.3) is 10.9 Å². The van der Waals surface area contributed by atoms with E-state index in [1.165, 1.54) is 19.1 Å². The molecule has 1 spiro atoms. The number of aromatic nitrogens is 1. The van der Waals surface area contributed by atoms with Crippen molar-refractivity contribution in [1.82, 2.24) is 30.1 Å². The molecule has 4 heterocycles. The number of sulfonamides is 1. The molecular weight excluding hydrogens is 922 g/mol. The number of alkyl halides is 3. The Morgan fingerprint density at radius 3 is 2.39 bits per heavy atom. The number of allylic oxidation sites excluding steroid dienone is 1. The first-order valence-electron chi connectivity index (χ1n) is 24.1. The molecule has 69 heavy (non-hydrogen) atoms. The molecule has 1 aromatic heterocycles. The van der Waals surface area contributed by atoms with Crippen LogP contribution in [0.3, 0.4) is 0 Å². The number of ether oxygens (including phenoxy) is 4. The van der Waals surface area contributed by atoms with Gasteiger partial charge in [-0.1, -0.05) is 44.1 Å². The molecule has 3 fully saturated rings. The second-order valence-electron chi connectivity index (χ2n) is 20.6. The van der Waals surface area contributed by atoms with Crippen molar-refractivity contribution in [2.45, 2.75) is 158 Å². The van der Waals surface area contributed by atoms with Gasteiger partial charge >= 0.3 is 12.3 Å². The predicted octanol–water partition coefficient (Wildman–Crippen LogP) is 6.50. The van der Waals surface area contributed by atoms with Crippen molar-refractivity contribution in [3.05, 3.63) is 53.8 Å². The fraction of sp³-hybridized carbons (Fsp3) is 0.653. The Kier molecular flexibility index (Phi) is 15.1. The third kappa shape index (κ3) is 11.5.